The summed E-state index contributed by atoms with van der Waals surface area (Å²) in [6, 6.07) is 0. The summed E-state index contributed by atoms with van der Waals surface area (Å²) >= 11 is 0. The number of rotatable bonds is 4. The standard InChI is InChI=1S/C10H22NO2/c1-2-3-4-7-11(13)8-5-10(12)6-9-11/h10,12-13H,2-9H2,1H3/q+1. The molecule has 0 aromatic carbocycles. The van der Waals surface area contributed by atoms with Gasteiger partial charge in [0.2, 0.25) is 0 Å². The molecular weight excluding hydrogens is 166 g/mol. The molecule has 0 bridgehead atoms. The largest absolute Gasteiger partial charge is 0.393 e. The van der Waals surface area contributed by atoms with Crippen LogP contribution in [0.1, 0.15) is 39.0 Å². The number of aliphatic hydroxyl groups excluding tert-OH is 1. The second-order valence-corrected chi connectivity index (χ2v) is 4.20. The summed E-state index contributed by atoms with van der Waals surface area (Å²) in [5.74, 6) is 0. The smallest absolute Gasteiger partial charge is 0.111 e. The molecule has 2 N–H and O–H groups in total. The summed E-state index contributed by atoms with van der Waals surface area (Å²) in [6.07, 6.45) is 4.82. The minimum absolute atomic E-state index is 0.176. The van der Waals surface area contributed by atoms with Gasteiger partial charge < -0.3 is 5.11 Å². The number of piperidine rings is 1. The van der Waals surface area contributed by atoms with Crippen LogP contribution in [0.15, 0.2) is 0 Å². The summed E-state index contributed by atoms with van der Waals surface area (Å²) in [4.78, 5) is 0. The molecule has 0 atom stereocenters. The van der Waals surface area contributed by atoms with Gasteiger partial charge in [0.1, 0.15) is 19.6 Å². The highest BCUT2D eigenvalue weighted by atomic mass is 16.5. The fourth-order valence-electron chi connectivity index (χ4n) is 1.91. The molecule has 1 aliphatic rings. The van der Waals surface area contributed by atoms with Crippen molar-refractivity contribution in [1.29, 1.82) is 0 Å². The van der Waals surface area contributed by atoms with Crippen molar-refractivity contribution in [3.05, 3.63) is 0 Å². The predicted octanol–water partition coefficient (Wildman–Crippen LogP) is 1.54. The van der Waals surface area contributed by atoms with Gasteiger partial charge in [-0.2, -0.15) is 4.65 Å². The van der Waals surface area contributed by atoms with Crippen molar-refractivity contribution in [3.8, 4) is 0 Å². The number of aliphatic hydroxyl groups is 1. The molecule has 1 saturated heterocycles. The predicted molar refractivity (Wildman–Crippen MR) is 51.4 cm³/mol. The Bertz CT molecular complexity index is 142. The zero-order valence-electron chi connectivity index (χ0n) is 8.58. The summed E-state index contributed by atoms with van der Waals surface area (Å²) in [7, 11) is 0. The highest BCUT2D eigenvalue weighted by molar-refractivity contribution is 4.59. The van der Waals surface area contributed by atoms with Crippen LogP contribution in [-0.4, -0.2) is 40.7 Å². The van der Waals surface area contributed by atoms with E-state index in [2.05, 4.69) is 6.92 Å². The van der Waals surface area contributed by atoms with E-state index in [0.29, 0.717) is 0 Å². The van der Waals surface area contributed by atoms with Gasteiger partial charge in [-0.15, -0.1) is 0 Å². The maximum absolute atomic E-state index is 10.0. The first kappa shape index (κ1) is 11.0. The second kappa shape index (κ2) is 4.94. The van der Waals surface area contributed by atoms with Crippen LogP contribution >= 0.6 is 0 Å². The van der Waals surface area contributed by atoms with E-state index in [1.807, 2.05) is 0 Å². The number of nitrogens with zero attached hydrogens (tertiary/aromatic N) is 1. The Hall–Kier alpha value is -0.120. The van der Waals surface area contributed by atoms with Crippen molar-refractivity contribution in [2.24, 2.45) is 0 Å². The molecule has 1 rings (SSSR count). The summed E-state index contributed by atoms with van der Waals surface area (Å²) < 4.78 is 0.192. The van der Waals surface area contributed by atoms with Gasteiger partial charge in [-0.1, -0.05) is 13.3 Å². The van der Waals surface area contributed by atoms with Crippen LogP contribution in [0, 0.1) is 0 Å². The Labute approximate surface area is 80.5 Å². The highest BCUT2D eigenvalue weighted by Crippen LogP contribution is 2.17. The molecule has 0 aromatic rings. The minimum Gasteiger partial charge on any atom is -0.393 e. The van der Waals surface area contributed by atoms with E-state index in [0.717, 1.165) is 38.9 Å². The van der Waals surface area contributed by atoms with E-state index in [-0.39, 0.29) is 10.8 Å². The molecule has 3 nitrogen and oxygen atoms in total. The number of hydroxylamine groups is 3. The van der Waals surface area contributed by atoms with Crippen LogP contribution in [0.4, 0.5) is 0 Å². The lowest BCUT2D eigenvalue weighted by atomic mass is 10.1. The molecule has 0 aromatic heterocycles. The Kier molecular flexibility index (Phi) is 4.16. The van der Waals surface area contributed by atoms with Crippen LogP contribution in [0.3, 0.4) is 0 Å². The molecule has 78 valence electrons. The summed E-state index contributed by atoms with van der Waals surface area (Å²) in [6.45, 7) is 4.48. The number of quaternary nitrogens is 1. The molecule has 0 saturated carbocycles. The van der Waals surface area contributed by atoms with Crippen LogP contribution < -0.4 is 0 Å². The molecule has 0 aliphatic carbocycles. The van der Waals surface area contributed by atoms with Crippen molar-refractivity contribution in [1.82, 2.24) is 0 Å². The van der Waals surface area contributed by atoms with Gasteiger partial charge >= 0.3 is 0 Å². The van der Waals surface area contributed by atoms with Crippen LogP contribution in [-0.2, 0) is 0 Å². The lowest BCUT2D eigenvalue weighted by Crippen LogP contribution is -2.51. The lowest BCUT2D eigenvalue weighted by molar-refractivity contribution is -1.11. The molecule has 1 heterocycles. The third-order valence-corrected chi connectivity index (χ3v) is 2.93. The molecule has 0 spiro atoms. The average molecular weight is 188 g/mol. The lowest BCUT2D eigenvalue weighted by Gasteiger charge is -2.35. The van der Waals surface area contributed by atoms with Crippen LogP contribution in [0.5, 0.6) is 0 Å². The number of hydrogen-bond acceptors (Lipinski definition) is 2. The van der Waals surface area contributed by atoms with Gasteiger partial charge in [0.15, 0.2) is 0 Å². The van der Waals surface area contributed by atoms with Gasteiger partial charge in [-0.3, -0.25) is 0 Å². The molecule has 1 aliphatic heterocycles. The maximum atomic E-state index is 10.0. The second-order valence-electron chi connectivity index (χ2n) is 4.20. The third-order valence-electron chi connectivity index (χ3n) is 2.93. The number of hydrogen-bond donors (Lipinski definition) is 2. The number of unbranched alkanes of at least 4 members (excludes halogenated alkanes) is 2. The molecule has 1 fully saturated rings. The van der Waals surface area contributed by atoms with Crippen molar-refractivity contribution >= 4 is 0 Å². The van der Waals surface area contributed by atoms with E-state index in [4.69, 9.17) is 0 Å². The van der Waals surface area contributed by atoms with E-state index in [1.165, 1.54) is 12.8 Å². The maximum Gasteiger partial charge on any atom is 0.111 e. The first-order valence-electron chi connectivity index (χ1n) is 5.43. The van der Waals surface area contributed by atoms with E-state index in [9.17, 15) is 10.3 Å². The first-order valence-corrected chi connectivity index (χ1v) is 5.43. The Balaban J connectivity index is 2.22. The number of likely N-dealkylation sites (tertiary alicyclic amines) is 1. The van der Waals surface area contributed by atoms with Gasteiger partial charge in [0.25, 0.3) is 0 Å². The van der Waals surface area contributed by atoms with E-state index in [1.54, 1.807) is 0 Å². The highest BCUT2D eigenvalue weighted by Gasteiger charge is 2.31. The van der Waals surface area contributed by atoms with Crippen molar-refractivity contribution in [2.45, 2.75) is 45.1 Å². The van der Waals surface area contributed by atoms with E-state index < -0.39 is 0 Å². The van der Waals surface area contributed by atoms with Crippen LogP contribution in [0.2, 0.25) is 0 Å². The Morgan fingerprint density at radius 3 is 2.38 bits per heavy atom. The van der Waals surface area contributed by atoms with Gasteiger partial charge in [-0.25, -0.2) is 5.21 Å². The van der Waals surface area contributed by atoms with Crippen molar-refractivity contribution in [2.75, 3.05) is 19.6 Å². The molecular formula is C10H22NO2+. The van der Waals surface area contributed by atoms with Gasteiger partial charge in [0.05, 0.1) is 6.10 Å². The molecule has 13 heavy (non-hydrogen) atoms. The zero-order chi connectivity index (χ0) is 9.73. The Morgan fingerprint density at radius 2 is 1.85 bits per heavy atom. The summed E-state index contributed by atoms with van der Waals surface area (Å²) in [5, 5.41) is 19.3. The van der Waals surface area contributed by atoms with Crippen LogP contribution in [0.25, 0.3) is 0 Å². The first-order chi connectivity index (χ1) is 6.16. The normalized spacial score (nSPS) is 34.8. The van der Waals surface area contributed by atoms with Crippen molar-refractivity contribution < 1.29 is 15.0 Å². The molecule has 3 heteroatoms. The van der Waals surface area contributed by atoms with Gasteiger partial charge in [0, 0.05) is 12.8 Å². The quantitative estimate of drug-likeness (QED) is 0.519. The fraction of sp³-hybridized carbons (Fsp3) is 1.00. The minimum atomic E-state index is -0.176. The summed E-state index contributed by atoms with van der Waals surface area (Å²) in [5.41, 5.74) is 0. The fourth-order valence-corrected chi connectivity index (χ4v) is 1.91. The molecule has 0 amide bonds. The molecule has 0 unspecified atom stereocenters. The molecule has 0 radical (unpaired) electrons. The Morgan fingerprint density at radius 1 is 1.23 bits per heavy atom. The monoisotopic (exact) mass is 188 g/mol. The van der Waals surface area contributed by atoms with E-state index >= 15 is 0 Å². The van der Waals surface area contributed by atoms with Crippen molar-refractivity contribution in [3.63, 3.8) is 0 Å². The van der Waals surface area contributed by atoms with Gasteiger partial charge in [-0.05, 0) is 12.8 Å². The zero-order valence-corrected chi connectivity index (χ0v) is 8.58. The third kappa shape index (κ3) is 3.63. The average Bonchev–Trinajstić information content (AvgIpc) is 2.12. The SMILES string of the molecule is CCCCC[N+]1(O)CCC(O)CC1. The topological polar surface area (TPSA) is 40.5 Å².